The lowest BCUT2D eigenvalue weighted by Crippen LogP contribution is -2.11. The Labute approximate surface area is 181 Å². The van der Waals surface area contributed by atoms with Gasteiger partial charge in [0.25, 0.3) is 0 Å². The molecule has 0 spiro atoms. The predicted octanol–water partition coefficient (Wildman–Crippen LogP) is 1.03. The minimum Gasteiger partial charge on any atom is -0.382 e. The lowest BCUT2D eigenvalue weighted by Gasteiger charge is -2.09. The molecule has 0 heterocycles. The van der Waals surface area contributed by atoms with E-state index in [-0.39, 0.29) is 6.29 Å². The summed E-state index contributed by atoms with van der Waals surface area (Å²) < 4.78 is 30.0. The second kappa shape index (κ2) is 34.7. The third-order valence-corrected chi connectivity index (χ3v) is 2.44. The zero-order chi connectivity index (χ0) is 24.0. The molecule has 4 N–H and O–H groups in total. The van der Waals surface area contributed by atoms with Crippen molar-refractivity contribution in [3.63, 3.8) is 0 Å². The van der Waals surface area contributed by atoms with Gasteiger partial charge in [0, 0.05) is 27.4 Å². The molecule has 0 aromatic heterocycles. The summed E-state index contributed by atoms with van der Waals surface area (Å²) in [7, 11) is 3.30. The molecule has 0 unspecified atom stereocenters. The van der Waals surface area contributed by atoms with Crippen LogP contribution in [0.3, 0.4) is 0 Å². The Morgan fingerprint density at radius 3 is 1.23 bits per heavy atom. The molecule has 10 heteroatoms. The molecule has 0 aromatic rings. The number of hydrogen-bond acceptors (Lipinski definition) is 8. The van der Waals surface area contributed by atoms with E-state index in [4.69, 9.17) is 28.4 Å². The van der Waals surface area contributed by atoms with Gasteiger partial charge in [-0.3, -0.25) is 9.59 Å². The first-order valence-electron chi connectivity index (χ1n) is 9.47. The van der Waals surface area contributed by atoms with Gasteiger partial charge in [-0.15, -0.1) is 0 Å². The fourth-order valence-corrected chi connectivity index (χ4v) is 1.12. The van der Waals surface area contributed by atoms with E-state index >= 15 is 0 Å². The standard InChI is InChI=1S/C8H18O4.C6H14O2.2C3H5NO/c1-9-3-5-11-7-8-12-6-4-10-2;1-4-7-6(3)8-5-2;2*1-2-3(4)5/h3-8H2,1-2H3;6H,4-5H2,1-3H3;2*2H,1H2,(H2,4,5). The van der Waals surface area contributed by atoms with Gasteiger partial charge in [0.1, 0.15) is 0 Å². The number of primary amides is 2. The Morgan fingerprint density at radius 1 is 0.767 bits per heavy atom. The van der Waals surface area contributed by atoms with Crippen molar-refractivity contribution in [2.24, 2.45) is 11.5 Å². The zero-order valence-electron chi connectivity index (χ0n) is 19.2. The molecule has 0 aromatic carbocycles. The molecular weight excluding hydrogens is 396 g/mol. The second-order valence-corrected chi connectivity index (χ2v) is 4.90. The van der Waals surface area contributed by atoms with Crippen molar-refractivity contribution in [2.75, 3.05) is 67.1 Å². The molecule has 0 aliphatic carbocycles. The maximum absolute atomic E-state index is 9.47. The van der Waals surface area contributed by atoms with Crippen LogP contribution in [0.25, 0.3) is 0 Å². The summed E-state index contributed by atoms with van der Waals surface area (Å²) in [6.45, 7) is 17.2. The van der Waals surface area contributed by atoms with Gasteiger partial charge < -0.3 is 39.9 Å². The highest BCUT2D eigenvalue weighted by Crippen LogP contribution is 1.90. The van der Waals surface area contributed by atoms with E-state index in [9.17, 15) is 9.59 Å². The van der Waals surface area contributed by atoms with Crippen LogP contribution in [0, 0.1) is 0 Å². The van der Waals surface area contributed by atoms with Crippen LogP contribution >= 0.6 is 0 Å². The van der Waals surface area contributed by atoms with E-state index in [0.29, 0.717) is 39.6 Å². The quantitative estimate of drug-likeness (QED) is 0.219. The largest absolute Gasteiger partial charge is 0.382 e. The van der Waals surface area contributed by atoms with E-state index < -0.39 is 11.8 Å². The van der Waals surface area contributed by atoms with Crippen molar-refractivity contribution in [1.29, 1.82) is 0 Å². The minimum atomic E-state index is -0.481. The van der Waals surface area contributed by atoms with Crippen molar-refractivity contribution < 1.29 is 38.0 Å². The Hall–Kier alpha value is -1.82. The van der Waals surface area contributed by atoms with Crippen LogP contribution in [0.4, 0.5) is 0 Å². The predicted molar refractivity (Wildman–Crippen MR) is 117 cm³/mol. The number of amides is 2. The molecular formula is C20H42N2O8. The van der Waals surface area contributed by atoms with Gasteiger partial charge in [-0.1, -0.05) is 13.2 Å². The van der Waals surface area contributed by atoms with E-state index in [2.05, 4.69) is 24.6 Å². The van der Waals surface area contributed by atoms with Gasteiger partial charge in [0.05, 0.1) is 39.6 Å². The molecule has 0 saturated carbocycles. The third-order valence-electron chi connectivity index (χ3n) is 2.44. The number of carbonyl (C=O) groups is 2. The van der Waals surface area contributed by atoms with Crippen molar-refractivity contribution in [1.82, 2.24) is 0 Å². The average Bonchev–Trinajstić information content (AvgIpc) is 2.72. The first kappa shape index (κ1) is 35.6. The summed E-state index contributed by atoms with van der Waals surface area (Å²) >= 11 is 0. The number of hydrogen-bond donors (Lipinski definition) is 2. The smallest absolute Gasteiger partial charge is 0.240 e. The van der Waals surface area contributed by atoms with Crippen LogP contribution in [0.15, 0.2) is 25.3 Å². The molecule has 0 atom stereocenters. The van der Waals surface area contributed by atoms with Gasteiger partial charge in [0.2, 0.25) is 11.8 Å². The monoisotopic (exact) mass is 438 g/mol. The Bertz CT molecular complexity index is 348. The van der Waals surface area contributed by atoms with E-state index in [1.165, 1.54) is 0 Å². The van der Waals surface area contributed by atoms with Gasteiger partial charge in [-0.05, 0) is 32.9 Å². The van der Waals surface area contributed by atoms with Crippen molar-refractivity contribution in [3.8, 4) is 0 Å². The molecule has 0 saturated heterocycles. The highest BCUT2D eigenvalue weighted by atomic mass is 16.7. The van der Waals surface area contributed by atoms with Crippen LogP contribution in [0.1, 0.15) is 20.8 Å². The fourth-order valence-electron chi connectivity index (χ4n) is 1.12. The molecule has 10 nitrogen and oxygen atoms in total. The molecule has 30 heavy (non-hydrogen) atoms. The highest BCUT2D eigenvalue weighted by molar-refractivity contribution is 5.85. The van der Waals surface area contributed by atoms with Crippen LogP contribution in [0.2, 0.25) is 0 Å². The first-order valence-corrected chi connectivity index (χ1v) is 9.47. The van der Waals surface area contributed by atoms with Crippen molar-refractivity contribution in [3.05, 3.63) is 25.3 Å². The van der Waals surface area contributed by atoms with Crippen LogP contribution in [-0.2, 0) is 38.0 Å². The number of ether oxygens (including phenoxy) is 6. The summed E-state index contributed by atoms with van der Waals surface area (Å²) in [4.78, 5) is 18.9. The molecule has 0 aliphatic rings. The van der Waals surface area contributed by atoms with Crippen molar-refractivity contribution >= 4 is 11.8 Å². The molecule has 0 fully saturated rings. The van der Waals surface area contributed by atoms with Crippen LogP contribution < -0.4 is 11.5 Å². The summed E-state index contributed by atoms with van der Waals surface area (Å²) in [6, 6.07) is 0. The lowest BCUT2D eigenvalue weighted by atomic mass is 10.6. The summed E-state index contributed by atoms with van der Waals surface area (Å²) in [6.07, 6.45) is 2.07. The van der Waals surface area contributed by atoms with Crippen LogP contribution in [0.5, 0.6) is 0 Å². The fraction of sp³-hybridized carbons (Fsp3) is 0.700. The first-order chi connectivity index (χ1) is 14.3. The molecule has 2 amide bonds. The summed E-state index contributed by atoms with van der Waals surface area (Å²) in [5.41, 5.74) is 9.07. The normalized spacial score (nSPS) is 9.13. The summed E-state index contributed by atoms with van der Waals surface area (Å²) in [5, 5.41) is 0. The van der Waals surface area contributed by atoms with Crippen LogP contribution in [-0.4, -0.2) is 85.2 Å². The third kappa shape index (κ3) is 56.2. The van der Waals surface area contributed by atoms with E-state index in [1.54, 1.807) is 14.2 Å². The number of nitrogens with two attached hydrogens (primary N) is 2. The Morgan fingerprint density at radius 2 is 1.03 bits per heavy atom. The number of rotatable bonds is 15. The Kier molecular flexibility index (Phi) is 41.1. The second-order valence-electron chi connectivity index (χ2n) is 4.90. The molecule has 0 bridgehead atoms. The van der Waals surface area contributed by atoms with Gasteiger partial charge in [-0.25, -0.2) is 0 Å². The van der Waals surface area contributed by atoms with Gasteiger partial charge in [-0.2, -0.15) is 0 Å². The summed E-state index contributed by atoms with van der Waals surface area (Å²) in [5.74, 6) is -0.963. The minimum absolute atomic E-state index is 0.0370. The molecule has 0 aliphatic heterocycles. The molecule has 0 radical (unpaired) electrons. The number of carbonyl (C=O) groups excluding carboxylic acids is 2. The lowest BCUT2D eigenvalue weighted by molar-refractivity contribution is -0.123. The Balaban J connectivity index is -0.000000162. The maximum Gasteiger partial charge on any atom is 0.240 e. The molecule has 180 valence electrons. The van der Waals surface area contributed by atoms with Gasteiger partial charge >= 0.3 is 0 Å². The number of methoxy groups -OCH3 is 2. The maximum atomic E-state index is 9.47. The highest BCUT2D eigenvalue weighted by Gasteiger charge is 1.94. The zero-order valence-corrected chi connectivity index (χ0v) is 19.2. The van der Waals surface area contributed by atoms with E-state index in [1.807, 2.05) is 20.8 Å². The van der Waals surface area contributed by atoms with E-state index in [0.717, 1.165) is 25.4 Å². The SMILES string of the molecule is C=CC(N)=O.C=CC(N)=O.CCOC(C)OCC.COCCOCCOCCOC. The topological polar surface area (TPSA) is 142 Å². The van der Waals surface area contributed by atoms with Crippen molar-refractivity contribution in [2.45, 2.75) is 27.1 Å². The molecule has 0 rings (SSSR count). The average molecular weight is 439 g/mol. The van der Waals surface area contributed by atoms with Gasteiger partial charge in [0.15, 0.2) is 6.29 Å².